The third kappa shape index (κ3) is 3.27. The maximum absolute atomic E-state index is 12.3. The first kappa shape index (κ1) is 15.3. The number of thioether (sulfide) groups is 1. The number of pyridine rings is 1. The highest BCUT2D eigenvalue weighted by Crippen LogP contribution is 2.32. The van der Waals surface area contributed by atoms with Gasteiger partial charge >= 0.3 is 0 Å². The highest BCUT2D eigenvalue weighted by molar-refractivity contribution is 8.00. The molecule has 1 aliphatic heterocycles. The van der Waals surface area contributed by atoms with Gasteiger partial charge in [-0.15, -0.1) is 0 Å². The average molecular weight is 319 g/mol. The van der Waals surface area contributed by atoms with Crippen LogP contribution in [0.2, 0.25) is 0 Å². The quantitative estimate of drug-likeness (QED) is 0.928. The molecule has 22 heavy (non-hydrogen) atoms. The van der Waals surface area contributed by atoms with E-state index in [1.807, 2.05) is 6.07 Å². The Bertz CT molecular complexity index is 578. The number of carbonyl (C=O) groups is 2. The van der Waals surface area contributed by atoms with Gasteiger partial charge in [0.2, 0.25) is 11.8 Å². The lowest BCUT2D eigenvalue weighted by molar-refractivity contribution is -0.123. The van der Waals surface area contributed by atoms with E-state index < -0.39 is 0 Å². The van der Waals surface area contributed by atoms with Crippen LogP contribution in [-0.4, -0.2) is 35.1 Å². The standard InChI is InChI=1S/C16H21N3O2S/c1-11-5-2-3-6-12(11)18-14(20)9-19-13-7-4-8-17-16(13)22-10-15(19)21/h4,7-8,11-12H,2-3,5-6,9-10H2,1H3,(H,18,20). The lowest BCUT2D eigenvalue weighted by Gasteiger charge is -2.31. The summed E-state index contributed by atoms with van der Waals surface area (Å²) in [6.07, 6.45) is 6.32. The fourth-order valence-corrected chi connectivity index (χ4v) is 4.02. The van der Waals surface area contributed by atoms with Crippen LogP contribution >= 0.6 is 11.8 Å². The third-order valence-electron chi connectivity index (χ3n) is 4.43. The first-order valence-electron chi connectivity index (χ1n) is 7.82. The van der Waals surface area contributed by atoms with Crippen LogP contribution in [0.25, 0.3) is 0 Å². The molecular formula is C16H21N3O2S. The smallest absolute Gasteiger partial charge is 0.240 e. The molecule has 1 aromatic heterocycles. The SMILES string of the molecule is CC1CCCCC1NC(=O)CN1C(=O)CSc2ncccc21. The number of rotatable bonds is 3. The van der Waals surface area contributed by atoms with E-state index in [1.165, 1.54) is 24.6 Å². The molecule has 118 valence electrons. The summed E-state index contributed by atoms with van der Waals surface area (Å²) < 4.78 is 0. The van der Waals surface area contributed by atoms with E-state index in [9.17, 15) is 9.59 Å². The summed E-state index contributed by atoms with van der Waals surface area (Å²) in [5, 5.41) is 3.93. The Morgan fingerprint density at radius 2 is 2.27 bits per heavy atom. The van der Waals surface area contributed by atoms with Crippen molar-refractivity contribution in [2.24, 2.45) is 5.92 Å². The number of aromatic nitrogens is 1. The summed E-state index contributed by atoms with van der Waals surface area (Å²) in [6, 6.07) is 3.89. The molecule has 0 aromatic carbocycles. The van der Waals surface area contributed by atoms with E-state index in [1.54, 1.807) is 17.2 Å². The van der Waals surface area contributed by atoms with Crippen molar-refractivity contribution in [1.29, 1.82) is 0 Å². The molecule has 3 rings (SSSR count). The zero-order valence-electron chi connectivity index (χ0n) is 12.7. The van der Waals surface area contributed by atoms with Crippen LogP contribution in [-0.2, 0) is 9.59 Å². The molecule has 1 aromatic rings. The van der Waals surface area contributed by atoms with Gasteiger partial charge in [-0.3, -0.25) is 14.5 Å². The Morgan fingerprint density at radius 3 is 3.09 bits per heavy atom. The third-order valence-corrected chi connectivity index (χ3v) is 5.41. The van der Waals surface area contributed by atoms with Crippen LogP contribution < -0.4 is 10.2 Å². The molecule has 0 bridgehead atoms. The zero-order valence-corrected chi connectivity index (χ0v) is 13.6. The molecule has 2 aliphatic rings. The molecule has 2 amide bonds. The van der Waals surface area contributed by atoms with Gasteiger partial charge in [0.05, 0.1) is 11.4 Å². The van der Waals surface area contributed by atoms with Crippen LogP contribution in [0.1, 0.15) is 32.6 Å². The van der Waals surface area contributed by atoms with Crippen LogP contribution in [0.4, 0.5) is 5.69 Å². The molecule has 5 nitrogen and oxygen atoms in total. The summed E-state index contributed by atoms with van der Waals surface area (Å²) in [6.45, 7) is 2.27. The van der Waals surface area contributed by atoms with Crippen molar-refractivity contribution < 1.29 is 9.59 Å². The highest BCUT2D eigenvalue weighted by Gasteiger charge is 2.29. The summed E-state index contributed by atoms with van der Waals surface area (Å²) in [7, 11) is 0. The Kier molecular flexibility index (Phi) is 4.66. The van der Waals surface area contributed by atoms with Crippen molar-refractivity contribution in [2.75, 3.05) is 17.2 Å². The van der Waals surface area contributed by atoms with Gasteiger partial charge in [0.25, 0.3) is 0 Å². The van der Waals surface area contributed by atoms with E-state index in [4.69, 9.17) is 0 Å². The van der Waals surface area contributed by atoms with E-state index in [-0.39, 0.29) is 24.4 Å². The Labute approximate surface area is 134 Å². The van der Waals surface area contributed by atoms with Crippen molar-refractivity contribution in [3.05, 3.63) is 18.3 Å². The normalized spacial score (nSPS) is 24.8. The second-order valence-corrected chi connectivity index (χ2v) is 7.00. The first-order chi connectivity index (χ1) is 10.6. The van der Waals surface area contributed by atoms with Crippen molar-refractivity contribution >= 4 is 29.3 Å². The van der Waals surface area contributed by atoms with Gasteiger partial charge in [0.1, 0.15) is 11.6 Å². The van der Waals surface area contributed by atoms with Crippen LogP contribution in [0.5, 0.6) is 0 Å². The molecular weight excluding hydrogens is 298 g/mol. The van der Waals surface area contributed by atoms with Gasteiger partial charge in [-0.05, 0) is 30.9 Å². The minimum atomic E-state index is -0.0752. The molecule has 1 N–H and O–H groups in total. The second-order valence-electron chi connectivity index (χ2n) is 6.03. The molecule has 0 spiro atoms. The van der Waals surface area contributed by atoms with E-state index in [0.29, 0.717) is 11.7 Å². The molecule has 2 atom stereocenters. The van der Waals surface area contributed by atoms with Gasteiger partial charge in [0.15, 0.2) is 0 Å². The summed E-state index contributed by atoms with van der Waals surface area (Å²) in [5.41, 5.74) is 0.746. The Balaban J connectivity index is 1.67. The van der Waals surface area contributed by atoms with Crippen LogP contribution in [0.3, 0.4) is 0 Å². The Hall–Kier alpha value is -1.56. The van der Waals surface area contributed by atoms with Gasteiger partial charge in [-0.1, -0.05) is 31.5 Å². The highest BCUT2D eigenvalue weighted by atomic mass is 32.2. The van der Waals surface area contributed by atoms with Crippen LogP contribution in [0.15, 0.2) is 23.4 Å². The van der Waals surface area contributed by atoms with Gasteiger partial charge in [-0.25, -0.2) is 4.98 Å². The number of hydrogen-bond acceptors (Lipinski definition) is 4. The minimum Gasteiger partial charge on any atom is -0.352 e. The lowest BCUT2D eigenvalue weighted by Crippen LogP contribution is -2.48. The molecule has 1 fully saturated rings. The lowest BCUT2D eigenvalue weighted by atomic mass is 9.86. The number of fused-ring (bicyclic) bond motifs is 1. The predicted molar refractivity (Wildman–Crippen MR) is 86.9 cm³/mol. The molecule has 1 aliphatic carbocycles. The summed E-state index contributed by atoms with van der Waals surface area (Å²) in [5.74, 6) is 0.752. The number of nitrogens with one attached hydrogen (secondary N) is 1. The van der Waals surface area contributed by atoms with Crippen molar-refractivity contribution in [3.8, 4) is 0 Å². The Morgan fingerprint density at radius 1 is 1.45 bits per heavy atom. The molecule has 0 radical (unpaired) electrons. The first-order valence-corrected chi connectivity index (χ1v) is 8.81. The van der Waals surface area contributed by atoms with Gasteiger partial charge < -0.3 is 5.32 Å². The molecule has 0 saturated heterocycles. The summed E-state index contributed by atoms with van der Waals surface area (Å²) in [4.78, 5) is 30.3. The van der Waals surface area contributed by atoms with Crippen molar-refractivity contribution in [3.63, 3.8) is 0 Å². The number of carbonyl (C=O) groups excluding carboxylic acids is 2. The predicted octanol–water partition coefficient (Wildman–Crippen LogP) is 2.22. The minimum absolute atomic E-state index is 0.0302. The number of hydrogen-bond donors (Lipinski definition) is 1. The maximum atomic E-state index is 12.3. The number of nitrogens with zero attached hydrogens (tertiary/aromatic N) is 2. The molecule has 1 saturated carbocycles. The molecule has 6 heteroatoms. The number of amides is 2. The molecule has 2 unspecified atom stereocenters. The van der Waals surface area contributed by atoms with Gasteiger partial charge in [-0.2, -0.15) is 0 Å². The maximum Gasteiger partial charge on any atom is 0.240 e. The second kappa shape index (κ2) is 6.69. The van der Waals surface area contributed by atoms with E-state index >= 15 is 0 Å². The fourth-order valence-electron chi connectivity index (χ4n) is 3.14. The fraction of sp³-hybridized carbons (Fsp3) is 0.562. The van der Waals surface area contributed by atoms with Crippen LogP contribution in [0, 0.1) is 5.92 Å². The topological polar surface area (TPSA) is 62.3 Å². The van der Waals surface area contributed by atoms with Crippen molar-refractivity contribution in [1.82, 2.24) is 10.3 Å². The monoisotopic (exact) mass is 319 g/mol. The van der Waals surface area contributed by atoms with E-state index in [2.05, 4.69) is 17.2 Å². The summed E-state index contributed by atoms with van der Waals surface area (Å²) >= 11 is 1.43. The largest absolute Gasteiger partial charge is 0.352 e. The molecule has 2 heterocycles. The van der Waals surface area contributed by atoms with E-state index in [0.717, 1.165) is 23.6 Å². The average Bonchev–Trinajstić information content (AvgIpc) is 2.52. The zero-order chi connectivity index (χ0) is 15.5. The van der Waals surface area contributed by atoms with Crippen molar-refractivity contribution in [2.45, 2.75) is 43.7 Å². The van der Waals surface area contributed by atoms with Gasteiger partial charge in [0, 0.05) is 12.2 Å². The number of anilines is 1.